The van der Waals surface area contributed by atoms with Gasteiger partial charge in [0.25, 0.3) is 0 Å². The molecular weight excluding hydrogens is 392 g/mol. The first kappa shape index (κ1) is 20.9. The van der Waals surface area contributed by atoms with Crippen molar-refractivity contribution in [2.45, 2.75) is 32.8 Å². The maximum Gasteiger partial charge on any atom is 0.343 e. The Balaban J connectivity index is 1.81. The van der Waals surface area contributed by atoms with Crippen molar-refractivity contribution in [3.63, 3.8) is 0 Å². The number of halogens is 1. The van der Waals surface area contributed by atoms with E-state index in [9.17, 15) is 9.59 Å². The molecule has 0 amide bonds. The van der Waals surface area contributed by atoms with Gasteiger partial charge in [-0.1, -0.05) is 35.9 Å². The molecule has 29 heavy (non-hydrogen) atoms. The molecule has 152 valence electrons. The lowest BCUT2D eigenvalue weighted by atomic mass is 10.1. The molecule has 0 atom stereocenters. The third-order valence-electron chi connectivity index (χ3n) is 4.57. The van der Waals surface area contributed by atoms with Crippen molar-refractivity contribution in [1.82, 2.24) is 10.3 Å². The second-order valence-corrected chi connectivity index (χ2v) is 6.99. The highest BCUT2D eigenvalue weighted by atomic mass is 35.5. The summed E-state index contributed by atoms with van der Waals surface area (Å²) in [7, 11) is 0. The van der Waals surface area contributed by atoms with Crippen LogP contribution in [0.25, 0.3) is 0 Å². The number of carbonyl (C=O) groups is 2. The van der Waals surface area contributed by atoms with Crippen molar-refractivity contribution >= 4 is 23.4 Å². The number of hydrogen-bond donors (Lipinski definition) is 1. The molecule has 0 spiro atoms. The van der Waals surface area contributed by atoms with Gasteiger partial charge in [0.2, 0.25) is 11.7 Å². The number of fused-ring (bicyclic) bond motifs is 1. The lowest BCUT2D eigenvalue weighted by molar-refractivity contribution is -0.138. The summed E-state index contributed by atoms with van der Waals surface area (Å²) in [5.41, 5.74) is 2.52. The summed E-state index contributed by atoms with van der Waals surface area (Å²) in [4.78, 5) is 29.4. The Kier molecular flexibility index (Phi) is 6.88. The zero-order chi connectivity index (χ0) is 20.8. The Bertz CT molecular complexity index is 917. The highest BCUT2D eigenvalue weighted by molar-refractivity contribution is 6.36. The third kappa shape index (κ3) is 4.95. The van der Waals surface area contributed by atoms with Crippen LogP contribution in [-0.4, -0.2) is 36.0 Å². The van der Waals surface area contributed by atoms with E-state index in [1.165, 1.54) is 29.6 Å². The summed E-state index contributed by atoms with van der Waals surface area (Å²) >= 11 is 6.20. The molecule has 7 heteroatoms. The summed E-state index contributed by atoms with van der Waals surface area (Å²) in [6, 6.07) is 9.66. The molecule has 3 rings (SSSR count). The third-order valence-corrected chi connectivity index (χ3v) is 4.87. The van der Waals surface area contributed by atoms with Gasteiger partial charge in [0.05, 0.1) is 17.8 Å². The minimum absolute atomic E-state index is 0.0640. The van der Waals surface area contributed by atoms with Crippen LogP contribution in [0.3, 0.4) is 0 Å². The molecule has 1 aromatic heterocycles. The van der Waals surface area contributed by atoms with Gasteiger partial charge in [0.1, 0.15) is 11.7 Å². The lowest BCUT2D eigenvalue weighted by Crippen LogP contribution is -2.21. The average Bonchev–Trinajstić information content (AvgIpc) is 3.12. The molecule has 1 N–H and O–H groups in total. The number of aromatic nitrogens is 1. The summed E-state index contributed by atoms with van der Waals surface area (Å²) in [5.74, 6) is -0.960. The van der Waals surface area contributed by atoms with E-state index in [4.69, 9.17) is 21.1 Å². The number of esters is 1. The first-order valence-electron chi connectivity index (χ1n) is 9.57. The predicted octanol–water partition coefficient (Wildman–Crippen LogP) is 3.52. The standard InChI is InChI=1S/C22H23ClN2O4/c1-3-24-12-18(22(27)28-4-2)21(26)17-11-20(25-13-19(17)23)29-16-9-14-7-5-6-8-15(14)10-16/h5-8,11-13,16,24H,3-4,9-10H2,1-2H3/b18-12-. The van der Waals surface area contributed by atoms with Gasteiger partial charge < -0.3 is 14.8 Å². The van der Waals surface area contributed by atoms with Gasteiger partial charge in [0.15, 0.2) is 0 Å². The molecule has 1 aliphatic carbocycles. The SMILES string of the molecule is CCN/C=C(\C(=O)OCC)C(=O)c1cc(OC2Cc3ccccc3C2)ncc1Cl. The van der Waals surface area contributed by atoms with Crippen molar-refractivity contribution in [3.8, 4) is 5.88 Å². The molecule has 1 aliphatic rings. The molecule has 0 saturated heterocycles. The van der Waals surface area contributed by atoms with Crippen molar-refractivity contribution in [2.75, 3.05) is 13.2 Å². The van der Waals surface area contributed by atoms with Gasteiger partial charge in [-0.15, -0.1) is 0 Å². The van der Waals surface area contributed by atoms with Crippen LogP contribution in [-0.2, 0) is 22.4 Å². The van der Waals surface area contributed by atoms with Gasteiger partial charge in [-0.25, -0.2) is 9.78 Å². The molecule has 1 aromatic carbocycles. The molecule has 0 radical (unpaired) electrons. The zero-order valence-electron chi connectivity index (χ0n) is 16.4. The van der Waals surface area contributed by atoms with E-state index in [1.807, 2.05) is 19.1 Å². The number of ether oxygens (including phenoxy) is 2. The van der Waals surface area contributed by atoms with E-state index < -0.39 is 11.8 Å². The largest absolute Gasteiger partial charge is 0.474 e. The van der Waals surface area contributed by atoms with E-state index in [1.54, 1.807) is 6.92 Å². The highest BCUT2D eigenvalue weighted by Crippen LogP contribution is 2.27. The maximum absolute atomic E-state index is 13.0. The monoisotopic (exact) mass is 414 g/mol. The van der Waals surface area contributed by atoms with Crippen LogP contribution < -0.4 is 10.1 Å². The fraction of sp³-hybridized carbons (Fsp3) is 0.318. The fourth-order valence-corrected chi connectivity index (χ4v) is 3.39. The van der Waals surface area contributed by atoms with Crippen LogP contribution >= 0.6 is 11.6 Å². The van der Waals surface area contributed by atoms with Crippen LogP contribution in [0.4, 0.5) is 0 Å². The quantitative estimate of drug-likeness (QED) is 0.234. The van der Waals surface area contributed by atoms with Gasteiger partial charge in [-0.2, -0.15) is 0 Å². The molecule has 0 fully saturated rings. The average molecular weight is 415 g/mol. The molecule has 2 aromatic rings. The maximum atomic E-state index is 13.0. The Morgan fingerprint density at radius 1 is 1.24 bits per heavy atom. The zero-order valence-corrected chi connectivity index (χ0v) is 17.2. The number of carbonyl (C=O) groups excluding carboxylic acids is 2. The van der Waals surface area contributed by atoms with E-state index in [0.717, 1.165) is 12.8 Å². The Morgan fingerprint density at radius 2 is 1.93 bits per heavy atom. The molecule has 6 nitrogen and oxygen atoms in total. The van der Waals surface area contributed by atoms with Gasteiger partial charge in [0, 0.05) is 37.2 Å². The van der Waals surface area contributed by atoms with E-state index in [-0.39, 0.29) is 28.9 Å². The number of nitrogens with one attached hydrogen (secondary N) is 1. The predicted molar refractivity (Wildman–Crippen MR) is 110 cm³/mol. The van der Waals surface area contributed by atoms with E-state index in [0.29, 0.717) is 12.4 Å². The number of nitrogens with zero attached hydrogens (tertiary/aromatic N) is 1. The first-order valence-corrected chi connectivity index (χ1v) is 9.95. The first-order chi connectivity index (χ1) is 14.0. The van der Waals surface area contributed by atoms with E-state index >= 15 is 0 Å². The molecular formula is C22H23ClN2O4. The Hall–Kier alpha value is -2.86. The molecule has 0 bridgehead atoms. The summed E-state index contributed by atoms with van der Waals surface area (Å²) < 4.78 is 11.0. The van der Waals surface area contributed by atoms with E-state index in [2.05, 4.69) is 22.4 Å². The second-order valence-electron chi connectivity index (χ2n) is 6.58. The summed E-state index contributed by atoms with van der Waals surface area (Å²) in [5, 5.41) is 3.01. The van der Waals surface area contributed by atoms with Crippen LogP contribution in [0.2, 0.25) is 5.02 Å². The Labute approximate surface area is 174 Å². The molecule has 0 saturated carbocycles. The van der Waals surface area contributed by atoms with Crippen molar-refractivity contribution in [1.29, 1.82) is 0 Å². The van der Waals surface area contributed by atoms with Crippen LogP contribution in [0.15, 0.2) is 48.3 Å². The summed E-state index contributed by atoms with van der Waals surface area (Å²) in [6.45, 7) is 4.25. The summed E-state index contributed by atoms with van der Waals surface area (Å²) in [6.07, 6.45) is 4.20. The number of pyridine rings is 1. The molecule has 1 heterocycles. The fourth-order valence-electron chi connectivity index (χ4n) is 3.21. The molecule has 0 aliphatic heterocycles. The smallest absolute Gasteiger partial charge is 0.343 e. The van der Waals surface area contributed by atoms with Crippen molar-refractivity contribution < 1.29 is 19.1 Å². The van der Waals surface area contributed by atoms with Gasteiger partial charge in [-0.3, -0.25) is 4.79 Å². The minimum atomic E-state index is -0.708. The number of hydrogen-bond acceptors (Lipinski definition) is 6. The highest BCUT2D eigenvalue weighted by Gasteiger charge is 2.26. The minimum Gasteiger partial charge on any atom is -0.474 e. The van der Waals surface area contributed by atoms with Gasteiger partial charge in [-0.05, 0) is 25.0 Å². The van der Waals surface area contributed by atoms with Crippen LogP contribution in [0.1, 0.15) is 35.3 Å². The number of Topliss-reactive ketones (excluding diaryl/α,β-unsaturated/α-hetero) is 1. The number of benzene rings is 1. The number of rotatable bonds is 8. The normalized spacial score (nSPS) is 13.7. The molecule has 0 unspecified atom stereocenters. The lowest BCUT2D eigenvalue weighted by Gasteiger charge is -2.14. The second kappa shape index (κ2) is 9.56. The number of ketones is 1. The topological polar surface area (TPSA) is 77.5 Å². The van der Waals surface area contributed by atoms with Crippen LogP contribution in [0.5, 0.6) is 5.88 Å². The van der Waals surface area contributed by atoms with Crippen molar-refractivity contribution in [2.24, 2.45) is 0 Å². The van der Waals surface area contributed by atoms with Gasteiger partial charge >= 0.3 is 5.97 Å². The van der Waals surface area contributed by atoms with Crippen molar-refractivity contribution in [3.05, 3.63) is 70.0 Å². The Morgan fingerprint density at radius 3 is 2.55 bits per heavy atom. The van der Waals surface area contributed by atoms with Crippen LogP contribution in [0, 0.1) is 0 Å².